The van der Waals surface area contributed by atoms with Gasteiger partial charge in [-0.25, -0.2) is 0 Å². The molecule has 0 aliphatic carbocycles. The summed E-state index contributed by atoms with van der Waals surface area (Å²) in [6.45, 7) is 11.4. The van der Waals surface area contributed by atoms with Crippen molar-refractivity contribution in [3.05, 3.63) is 57.8 Å². The van der Waals surface area contributed by atoms with E-state index in [0.29, 0.717) is 0 Å². The Balaban J connectivity index is 1.27. The Morgan fingerprint density at radius 1 is 1.00 bits per heavy atom. The minimum absolute atomic E-state index is 1.02. The molecule has 0 unspecified atom stereocenters. The number of hydrogen-bond acceptors (Lipinski definition) is 4. The second kappa shape index (κ2) is 9.33. The lowest BCUT2D eigenvalue weighted by molar-refractivity contribution is 0.126. The third-order valence-corrected chi connectivity index (χ3v) is 5.82. The number of nitrogens with zero attached hydrogens (tertiary/aromatic N) is 2. The summed E-state index contributed by atoms with van der Waals surface area (Å²) < 4.78 is 0. The van der Waals surface area contributed by atoms with E-state index in [-0.39, 0.29) is 0 Å². The normalized spacial score (nSPS) is 16.5. The first kappa shape index (κ1) is 17.6. The fourth-order valence-corrected chi connectivity index (χ4v) is 4.10. The monoisotopic (exact) mass is 343 g/mol. The maximum atomic E-state index is 3.58. The minimum atomic E-state index is 1.02. The number of piperazine rings is 1. The van der Waals surface area contributed by atoms with E-state index in [9.17, 15) is 0 Å². The number of nitrogens with one attached hydrogen (secondary N) is 1. The van der Waals surface area contributed by atoms with E-state index in [1.54, 1.807) is 0 Å². The van der Waals surface area contributed by atoms with Crippen molar-refractivity contribution >= 4 is 11.3 Å². The van der Waals surface area contributed by atoms with Crippen molar-refractivity contribution in [2.45, 2.75) is 26.4 Å². The number of thiophene rings is 1. The average molecular weight is 344 g/mol. The molecule has 1 fully saturated rings. The lowest BCUT2D eigenvalue weighted by Crippen LogP contribution is -2.46. The lowest BCUT2D eigenvalue weighted by atomic mass is 10.2. The van der Waals surface area contributed by atoms with Crippen LogP contribution in [0.2, 0.25) is 0 Å². The van der Waals surface area contributed by atoms with Crippen molar-refractivity contribution < 1.29 is 0 Å². The van der Waals surface area contributed by atoms with E-state index in [2.05, 4.69) is 63.8 Å². The molecule has 1 aromatic carbocycles. The van der Waals surface area contributed by atoms with Gasteiger partial charge in [-0.15, -0.1) is 11.3 Å². The van der Waals surface area contributed by atoms with E-state index in [1.807, 2.05) is 11.3 Å². The van der Waals surface area contributed by atoms with Crippen molar-refractivity contribution in [1.82, 2.24) is 15.1 Å². The van der Waals surface area contributed by atoms with Gasteiger partial charge in [-0.3, -0.25) is 4.90 Å². The highest BCUT2D eigenvalue weighted by Crippen LogP contribution is 2.14. The summed E-state index contributed by atoms with van der Waals surface area (Å²) in [4.78, 5) is 6.66. The van der Waals surface area contributed by atoms with Gasteiger partial charge in [0.05, 0.1) is 0 Å². The summed E-state index contributed by atoms with van der Waals surface area (Å²) >= 11 is 1.86. The smallest absolute Gasteiger partial charge is 0.0302 e. The summed E-state index contributed by atoms with van der Waals surface area (Å²) in [5.74, 6) is 0. The standard InChI is InChI=1S/C20H29N3S/c1-18-8-15-24-20(18)16-21-9-5-10-22-11-13-23(14-12-22)17-19-6-3-2-4-7-19/h2-4,6-8,15,21H,5,9-14,16-17H2,1H3. The van der Waals surface area contributed by atoms with Crippen LogP contribution in [0.3, 0.4) is 0 Å². The van der Waals surface area contributed by atoms with Gasteiger partial charge in [0, 0.05) is 44.1 Å². The highest BCUT2D eigenvalue weighted by Gasteiger charge is 2.16. The summed E-state index contributed by atoms with van der Waals surface area (Å²) in [6, 6.07) is 13.0. The molecule has 0 saturated carbocycles. The first-order valence-corrected chi connectivity index (χ1v) is 9.91. The van der Waals surface area contributed by atoms with Crippen LogP contribution in [0.25, 0.3) is 0 Å². The zero-order valence-electron chi connectivity index (χ0n) is 14.7. The topological polar surface area (TPSA) is 18.5 Å². The molecule has 0 amide bonds. The van der Waals surface area contributed by atoms with Crippen LogP contribution in [-0.4, -0.2) is 49.1 Å². The summed E-state index contributed by atoms with van der Waals surface area (Å²) in [7, 11) is 0. The van der Waals surface area contributed by atoms with E-state index in [4.69, 9.17) is 0 Å². The highest BCUT2D eigenvalue weighted by molar-refractivity contribution is 7.10. The molecule has 1 N–H and O–H groups in total. The number of rotatable bonds is 8. The third-order valence-electron chi connectivity index (χ3n) is 4.80. The second-order valence-electron chi connectivity index (χ2n) is 6.66. The zero-order chi connectivity index (χ0) is 16.6. The van der Waals surface area contributed by atoms with Crippen LogP contribution in [0.15, 0.2) is 41.8 Å². The molecule has 3 rings (SSSR count). The van der Waals surface area contributed by atoms with Gasteiger partial charge in [-0.05, 0) is 49.0 Å². The Bertz CT molecular complexity index is 588. The van der Waals surface area contributed by atoms with Gasteiger partial charge in [0.1, 0.15) is 0 Å². The molecule has 1 aromatic heterocycles. The van der Waals surface area contributed by atoms with Crippen molar-refractivity contribution in [3.63, 3.8) is 0 Å². The largest absolute Gasteiger partial charge is 0.312 e. The molecule has 0 atom stereocenters. The molecule has 0 bridgehead atoms. The van der Waals surface area contributed by atoms with Crippen LogP contribution in [0.4, 0.5) is 0 Å². The average Bonchev–Trinajstić information content (AvgIpc) is 3.02. The predicted octanol–water partition coefficient (Wildman–Crippen LogP) is 3.35. The van der Waals surface area contributed by atoms with E-state index in [0.717, 1.165) is 19.6 Å². The Kier molecular flexibility index (Phi) is 6.85. The van der Waals surface area contributed by atoms with Gasteiger partial charge in [0.2, 0.25) is 0 Å². The van der Waals surface area contributed by atoms with E-state index >= 15 is 0 Å². The summed E-state index contributed by atoms with van der Waals surface area (Å²) in [5, 5.41) is 5.76. The van der Waals surface area contributed by atoms with Crippen LogP contribution in [0, 0.1) is 6.92 Å². The molecule has 1 aliphatic heterocycles. The maximum absolute atomic E-state index is 3.58. The molecule has 4 heteroatoms. The van der Waals surface area contributed by atoms with Crippen molar-refractivity contribution in [1.29, 1.82) is 0 Å². The summed E-state index contributed by atoms with van der Waals surface area (Å²) in [5.41, 5.74) is 2.85. The maximum Gasteiger partial charge on any atom is 0.0302 e. The molecule has 0 radical (unpaired) electrons. The van der Waals surface area contributed by atoms with Crippen LogP contribution in [-0.2, 0) is 13.1 Å². The number of benzene rings is 1. The van der Waals surface area contributed by atoms with Crippen LogP contribution >= 0.6 is 11.3 Å². The Hall–Kier alpha value is -1.20. The number of hydrogen-bond donors (Lipinski definition) is 1. The summed E-state index contributed by atoms with van der Waals surface area (Å²) in [6.07, 6.45) is 1.24. The fraction of sp³-hybridized carbons (Fsp3) is 0.500. The SMILES string of the molecule is Cc1ccsc1CNCCCN1CCN(Cc2ccccc2)CC1. The van der Waals surface area contributed by atoms with Crippen LogP contribution in [0.1, 0.15) is 22.4 Å². The molecule has 2 heterocycles. The second-order valence-corrected chi connectivity index (χ2v) is 7.66. The molecule has 1 saturated heterocycles. The number of aryl methyl sites for hydroxylation is 1. The molecule has 130 valence electrons. The Labute approximate surface area is 150 Å². The molecule has 2 aromatic rings. The molecule has 3 nitrogen and oxygen atoms in total. The van der Waals surface area contributed by atoms with E-state index < -0.39 is 0 Å². The first-order valence-electron chi connectivity index (χ1n) is 9.03. The molecule has 1 aliphatic rings. The van der Waals surface area contributed by atoms with Crippen molar-refractivity contribution in [2.24, 2.45) is 0 Å². The minimum Gasteiger partial charge on any atom is -0.312 e. The van der Waals surface area contributed by atoms with Gasteiger partial charge in [0.15, 0.2) is 0 Å². The van der Waals surface area contributed by atoms with Gasteiger partial charge in [0.25, 0.3) is 0 Å². The fourth-order valence-electron chi connectivity index (χ4n) is 3.23. The Morgan fingerprint density at radius 2 is 1.75 bits per heavy atom. The molecule has 0 spiro atoms. The van der Waals surface area contributed by atoms with E-state index in [1.165, 1.54) is 55.1 Å². The van der Waals surface area contributed by atoms with Crippen molar-refractivity contribution in [2.75, 3.05) is 39.3 Å². The van der Waals surface area contributed by atoms with Crippen LogP contribution in [0.5, 0.6) is 0 Å². The van der Waals surface area contributed by atoms with Crippen molar-refractivity contribution in [3.8, 4) is 0 Å². The predicted molar refractivity (Wildman–Crippen MR) is 104 cm³/mol. The quantitative estimate of drug-likeness (QED) is 0.742. The van der Waals surface area contributed by atoms with Gasteiger partial charge >= 0.3 is 0 Å². The van der Waals surface area contributed by atoms with Gasteiger partial charge < -0.3 is 10.2 Å². The first-order chi connectivity index (χ1) is 11.8. The lowest BCUT2D eigenvalue weighted by Gasteiger charge is -2.34. The molecular weight excluding hydrogens is 314 g/mol. The van der Waals surface area contributed by atoms with Gasteiger partial charge in [-0.2, -0.15) is 0 Å². The third kappa shape index (κ3) is 5.42. The van der Waals surface area contributed by atoms with Gasteiger partial charge in [-0.1, -0.05) is 30.3 Å². The van der Waals surface area contributed by atoms with Crippen LogP contribution < -0.4 is 5.32 Å². The zero-order valence-corrected chi connectivity index (χ0v) is 15.5. The Morgan fingerprint density at radius 3 is 2.46 bits per heavy atom. The highest BCUT2D eigenvalue weighted by atomic mass is 32.1. The molecule has 24 heavy (non-hydrogen) atoms. The molecular formula is C20H29N3S.